The lowest BCUT2D eigenvalue weighted by Crippen LogP contribution is -2.29. The second kappa shape index (κ2) is 4.87. The number of nitrogens with zero attached hydrogens (tertiary/aromatic N) is 2. The molecule has 1 spiro atoms. The highest BCUT2D eigenvalue weighted by Crippen LogP contribution is 2.40. The number of amides is 1. The third-order valence-corrected chi connectivity index (χ3v) is 4.90. The van der Waals surface area contributed by atoms with Crippen molar-refractivity contribution in [3.63, 3.8) is 0 Å². The number of anilines is 1. The maximum absolute atomic E-state index is 11.6. The molecule has 1 aromatic heterocycles. The molecule has 22 heavy (non-hydrogen) atoms. The zero-order chi connectivity index (χ0) is 15.2. The molecule has 2 aliphatic heterocycles. The number of carbonyl (C=O) groups excluding carboxylic acids is 1. The Bertz CT molecular complexity index is 746. The molecule has 1 unspecified atom stereocenters. The summed E-state index contributed by atoms with van der Waals surface area (Å²) >= 11 is 0. The normalized spacial score (nSPS) is 24.2. The third-order valence-electron chi connectivity index (χ3n) is 4.90. The quantitative estimate of drug-likeness (QED) is 0.920. The molecule has 4 rings (SSSR count). The molecule has 2 aliphatic rings. The molecule has 2 aromatic rings. The van der Waals surface area contributed by atoms with Gasteiger partial charge in [-0.25, -0.2) is 4.98 Å². The highest BCUT2D eigenvalue weighted by atomic mass is 16.5. The minimum Gasteiger partial charge on any atom is -0.496 e. The van der Waals surface area contributed by atoms with E-state index < -0.39 is 0 Å². The summed E-state index contributed by atoms with van der Waals surface area (Å²) in [5.41, 5.74) is 0.0831. The summed E-state index contributed by atoms with van der Waals surface area (Å²) in [6.07, 6.45) is 3.51. The van der Waals surface area contributed by atoms with E-state index in [1.54, 1.807) is 7.11 Å². The first-order valence-electron chi connectivity index (χ1n) is 7.64. The molecular weight excluding hydrogens is 278 g/mol. The Labute approximate surface area is 129 Å². The van der Waals surface area contributed by atoms with Gasteiger partial charge in [0.25, 0.3) is 0 Å². The van der Waals surface area contributed by atoms with Crippen LogP contribution in [0.5, 0.6) is 5.75 Å². The van der Waals surface area contributed by atoms with Crippen molar-refractivity contribution in [2.24, 2.45) is 5.41 Å². The molecule has 0 aliphatic carbocycles. The maximum atomic E-state index is 11.6. The second-order valence-corrected chi connectivity index (χ2v) is 6.32. The van der Waals surface area contributed by atoms with Crippen LogP contribution in [0.25, 0.3) is 10.8 Å². The van der Waals surface area contributed by atoms with Crippen molar-refractivity contribution >= 4 is 22.5 Å². The van der Waals surface area contributed by atoms with Gasteiger partial charge in [-0.2, -0.15) is 0 Å². The van der Waals surface area contributed by atoms with Gasteiger partial charge in [0.2, 0.25) is 5.91 Å². The Hall–Kier alpha value is -2.30. The van der Waals surface area contributed by atoms with Gasteiger partial charge in [-0.05, 0) is 18.6 Å². The summed E-state index contributed by atoms with van der Waals surface area (Å²) in [4.78, 5) is 18.5. The average Bonchev–Trinajstić information content (AvgIpc) is 3.12. The predicted octanol–water partition coefficient (Wildman–Crippen LogP) is 1.96. The fraction of sp³-hybridized carbons (Fsp3) is 0.412. The highest BCUT2D eigenvalue weighted by Gasteiger charge is 2.44. The van der Waals surface area contributed by atoms with Crippen LogP contribution in [0, 0.1) is 5.41 Å². The van der Waals surface area contributed by atoms with Crippen LogP contribution >= 0.6 is 0 Å². The number of hydrogen-bond acceptors (Lipinski definition) is 4. The summed E-state index contributed by atoms with van der Waals surface area (Å²) in [5, 5.41) is 5.16. The molecule has 1 amide bonds. The molecule has 1 N–H and O–H groups in total. The maximum Gasteiger partial charge on any atom is 0.220 e. The number of hydrogen-bond donors (Lipinski definition) is 1. The van der Waals surface area contributed by atoms with E-state index in [1.807, 2.05) is 24.4 Å². The first-order valence-corrected chi connectivity index (χ1v) is 7.64. The molecule has 2 fully saturated rings. The van der Waals surface area contributed by atoms with Crippen molar-refractivity contribution in [1.29, 1.82) is 0 Å². The largest absolute Gasteiger partial charge is 0.496 e. The van der Waals surface area contributed by atoms with Crippen LogP contribution in [-0.4, -0.2) is 37.6 Å². The minimum absolute atomic E-state index is 0.0831. The van der Waals surface area contributed by atoms with Crippen LogP contribution in [0.15, 0.2) is 30.5 Å². The third kappa shape index (κ3) is 2.00. The number of benzene rings is 1. The van der Waals surface area contributed by atoms with Crippen molar-refractivity contribution < 1.29 is 9.53 Å². The van der Waals surface area contributed by atoms with Crippen molar-refractivity contribution in [3.05, 3.63) is 30.5 Å². The SMILES string of the molecule is COc1cccc2c(N3CCC4(CNC(=O)C4)C3)nccc12. The zero-order valence-corrected chi connectivity index (χ0v) is 12.6. The van der Waals surface area contributed by atoms with Crippen molar-refractivity contribution in [2.75, 3.05) is 31.6 Å². The van der Waals surface area contributed by atoms with E-state index in [0.717, 1.165) is 48.4 Å². The molecule has 5 nitrogen and oxygen atoms in total. The Morgan fingerprint density at radius 2 is 2.23 bits per heavy atom. The lowest BCUT2D eigenvalue weighted by atomic mass is 9.86. The van der Waals surface area contributed by atoms with E-state index in [0.29, 0.717) is 6.42 Å². The van der Waals surface area contributed by atoms with Gasteiger partial charge in [-0.1, -0.05) is 12.1 Å². The molecule has 0 bridgehead atoms. The van der Waals surface area contributed by atoms with Gasteiger partial charge in [-0.3, -0.25) is 4.79 Å². The molecule has 3 heterocycles. The van der Waals surface area contributed by atoms with Gasteiger partial charge in [-0.15, -0.1) is 0 Å². The molecule has 0 radical (unpaired) electrons. The Morgan fingerprint density at radius 3 is 3.00 bits per heavy atom. The predicted molar refractivity (Wildman–Crippen MR) is 85.2 cm³/mol. The Balaban J connectivity index is 1.72. The van der Waals surface area contributed by atoms with Crippen LogP contribution in [0.2, 0.25) is 0 Å². The van der Waals surface area contributed by atoms with Gasteiger partial charge in [0, 0.05) is 48.4 Å². The fourth-order valence-corrected chi connectivity index (χ4v) is 3.75. The Morgan fingerprint density at radius 1 is 1.32 bits per heavy atom. The smallest absolute Gasteiger partial charge is 0.220 e. The summed E-state index contributed by atoms with van der Waals surface area (Å²) in [7, 11) is 1.69. The fourth-order valence-electron chi connectivity index (χ4n) is 3.75. The number of carbonyl (C=O) groups is 1. The number of fused-ring (bicyclic) bond motifs is 1. The number of nitrogens with one attached hydrogen (secondary N) is 1. The standard InChI is InChI=1S/C17H19N3O2/c1-22-14-4-2-3-13-12(14)5-7-18-16(13)20-8-6-17(11-20)9-15(21)19-10-17/h2-5,7H,6,8-11H2,1H3,(H,19,21). The van der Waals surface area contributed by atoms with E-state index in [4.69, 9.17) is 4.74 Å². The monoisotopic (exact) mass is 297 g/mol. The average molecular weight is 297 g/mol. The van der Waals surface area contributed by atoms with Gasteiger partial charge < -0.3 is 15.0 Å². The van der Waals surface area contributed by atoms with Crippen LogP contribution in [-0.2, 0) is 4.79 Å². The van der Waals surface area contributed by atoms with Crippen LogP contribution < -0.4 is 15.0 Å². The molecular formula is C17H19N3O2. The van der Waals surface area contributed by atoms with Crippen molar-refractivity contribution in [1.82, 2.24) is 10.3 Å². The molecule has 1 atom stereocenters. The topological polar surface area (TPSA) is 54.5 Å². The minimum atomic E-state index is 0.0831. The molecule has 2 saturated heterocycles. The summed E-state index contributed by atoms with van der Waals surface area (Å²) in [6.45, 7) is 2.61. The van der Waals surface area contributed by atoms with Crippen LogP contribution in [0.3, 0.4) is 0 Å². The zero-order valence-electron chi connectivity index (χ0n) is 12.6. The van der Waals surface area contributed by atoms with Crippen LogP contribution in [0.4, 0.5) is 5.82 Å². The van der Waals surface area contributed by atoms with Gasteiger partial charge in [0.1, 0.15) is 11.6 Å². The van der Waals surface area contributed by atoms with E-state index in [-0.39, 0.29) is 11.3 Å². The summed E-state index contributed by atoms with van der Waals surface area (Å²) < 4.78 is 5.45. The second-order valence-electron chi connectivity index (χ2n) is 6.32. The first-order chi connectivity index (χ1) is 10.7. The van der Waals surface area contributed by atoms with Gasteiger partial charge in [0.15, 0.2) is 0 Å². The lowest BCUT2D eigenvalue weighted by molar-refractivity contribution is -0.119. The number of methoxy groups -OCH3 is 1. The molecule has 114 valence electrons. The molecule has 5 heteroatoms. The van der Waals surface area contributed by atoms with Crippen molar-refractivity contribution in [2.45, 2.75) is 12.8 Å². The van der Waals surface area contributed by atoms with E-state index >= 15 is 0 Å². The first kappa shape index (κ1) is 13.4. The summed E-state index contributed by atoms with van der Waals surface area (Å²) in [6, 6.07) is 8.05. The highest BCUT2D eigenvalue weighted by molar-refractivity contribution is 5.96. The van der Waals surface area contributed by atoms with Gasteiger partial charge >= 0.3 is 0 Å². The van der Waals surface area contributed by atoms with E-state index in [2.05, 4.69) is 21.3 Å². The summed E-state index contributed by atoms with van der Waals surface area (Å²) in [5.74, 6) is 2.04. The van der Waals surface area contributed by atoms with Crippen molar-refractivity contribution in [3.8, 4) is 5.75 Å². The Kier molecular flexibility index (Phi) is 2.96. The number of pyridine rings is 1. The molecule has 1 aromatic carbocycles. The number of ether oxygens (including phenoxy) is 1. The van der Waals surface area contributed by atoms with Crippen LogP contribution in [0.1, 0.15) is 12.8 Å². The lowest BCUT2D eigenvalue weighted by Gasteiger charge is -2.23. The number of rotatable bonds is 2. The molecule has 0 saturated carbocycles. The van der Waals surface area contributed by atoms with Gasteiger partial charge in [0.05, 0.1) is 7.11 Å². The van der Waals surface area contributed by atoms with E-state index in [9.17, 15) is 4.79 Å². The number of aromatic nitrogens is 1. The van der Waals surface area contributed by atoms with E-state index in [1.165, 1.54) is 0 Å².